The van der Waals surface area contributed by atoms with E-state index in [0.717, 1.165) is 130 Å². The third kappa shape index (κ3) is 15.6. The molecule has 738 valence electrons. The number of fused-ring (bicyclic) bond motifs is 23. The fourth-order valence-corrected chi connectivity index (χ4v) is 33.4. The lowest BCUT2D eigenvalue weighted by Gasteiger charge is -2.60. The minimum Gasteiger partial charge on any atom is -0.486 e. The Kier molecular flexibility index (Phi) is 24.9. The zero-order valence-electron chi connectivity index (χ0n) is 81.5. The summed E-state index contributed by atoms with van der Waals surface area (Å²) in [7, 11) is 0. The number of allylic oxidation sites excluding steroid dienone is 4. The summed E-state index contributed by atoms with van der Waals surface area (Å²) in [6, 6.07) is 32.0. The number of H-pyrrole nitrogens is 1. The first kappa shape index (κ1) is 96.8. The molecule has 7 aromatic rings. The number of rotatable bonds is 16. The van der Waals surface area contributed by atoms with E-state index >= 15 is 0 Å². The van der Waals surface area contributed by atoms with Crippen molar-refractivity contribution in [1.29, 1.82) is 0 Å². The quantitative estimate of drug-likeness (QED) is 0.0434. The highest BCUT2D eigenvalue weighted by Gasteiger charge is 2.74. The Morgan fingerprint density at radius 2 is 0.719 bits per heavy atom. The molecular weight excluding hydrogens is 1760 g/mol. The van der Waals surface area contributed by atoms with Crippen molar-refractivity contribution in [2.24, 2.45) is 114 Å². The van der Waals surface area contributed by atoms with E-state index in [1.165, 1.54) is 22.3 Å². The molecule has 0 radical (unpaired) electrons. The number of nitrogens with one attached hydrogen (secondary N) is 1. The number of ether oxygens (including phenoxy) is 4. The second kappa shape index (κ2) is 35.7. The van der Waals surface area contributed by atoms with Gasteiger partial charge in [-0.25, -0.2) is 4.98 Å². The van der Waals surface area contributed by atoms with Gasteiger partial charge in [-0.05, 0) is 320 Å². The topological polar surface area (TPSA) is 403 Å². The van der Waals surface area contributed by atoms with E-state index in [0.29, 0.717) is 99.9 Å². The summed E-state index contributed by atoms with van der Waals surface area (Å²) in [5.41, 5.74) is -1.90. The summed E-state index contributed by atoms with van der Waals surface area (Å²) in [5, 5.41) is 95.3. The Labute approximate surface area is 812 Å². The summed E-state index contributed by atoms with van der Waals surface area (Å²) in [6.07, 6.45) is 28.0. The third-order valence-corrected chi connectivity index (χ3v) is 40.6. The summed E-state index contributed by atoms with van der Waals surface area (Å²) in [5.74, 6) is 2.64. The molecule has 0 saturated heterocycles. The van der Waals surface area contributed by atoms with Gasteiger partial charge in [0.15, 0.2) is 36.3 Å². The molecule has 0 amide bonds. The molecule has 0 aliphatic heterocycles. The van der Waals surface area contributed by atoms with Gasteiger partial charge in [0.25, 0.3) is 6.01 Å². The number of para-hydroxylation sites is 4. The second-order valence-electron chi connectivity index (χ2n) is 46.7. The molecule has 0 spiro atoms. The molecule has 12 fully saturated rings. The molecule has 4 heterocycles. The summed E-state index contributed by atoms with van der Waals surface area (Å²) in [4.78, 5) is 122. The van der Waals surface area contributed by atoms with E-state index in [1.807, 2.05) is 131 Å². The summed E-state index contributed by atoms with van der Waals surface area (Å²) < 4.78 is 23.1. The van der Waals surface area contributed by atoms with Gasteiger partial charge in [0.2, 0.25) is 29.0 Å². The van der Waals surface area contributed by atoms with Crippen LogP contribution in [0.4, 0.5) is 0 Å². The molecular formula is C114H137N5O20. The zero-order chi connectivity index (χ0) is 97.9. The van der Waals surface area contributed by atoms with Crippen molar-refractivity contribution in [1.82, 2.24) is 24.9 Å². The normalized spacial score (nSPS) is 40.7. The summed E-state index contributed by atoms with van der Waals surface area (Å²) in [6.45, 7) is 15.9. The monoisotopic (exact) mass is 1900 g/mol. The molecule has 25 heteroatoms. The Morgan fingerprint density at radius 1 is 0.360 bits per heavy atom. The number of hydrogen-bond donors (Lipinski definition) is 9. The molecule has 25 nitrogen and oxygen atoms in total. The highest BCUT2D eigenvalue weighted by atomic mass is 16.5. The van der Waals surface area contributed by atoms with Gasteiger partial charge in [-0.1, -0.05) is 126 Å². The van der Waals surface area contributed by atoms with E-state index in [2.05, 4.69) is 52.6 Å². The number of carbonyl (C=O) groups excluding carboxylic acids is 8. The van der Waals surface area contributed by atoms with Gasteiger partial charge in [-0.15, -0.1) is 0 Å². The maximum absolute atomic E-state index is 13.6. The van der Waals surface area contributed by atoms with Crippen LogP contribution >= 0.6 is 0 Å². The van der Waals surface area contributed by atoms with Crippen molar-refractivity contribution in [3.63, 3.8) is 0 Å². The number of ketones is 8. The predicted molar refractivity (Wildman–Crippen MR) is 518 cm³/mol. The van der Waals surface area contributed by atoms with Crippen LogP contribution in [-0.4, -0.2) is 185 Å². The van der Waals surface area contributed by atoms with Gasteiger partial charge in [0.05, 0.1) is 41.0 Å². The number of nitrogens with zero attached hydrogens (tertiary/aromatic N) is 4. The molecule has 4 aromatic heterocycles. The highest BCUT2D eigenvalue weighted by Crippen LogP contribution is 2.73. The summed E-state index contributed by atoms with van der Waals surface area (Å²) >= 11 is 0. The molecule has 12 saturated carbocycles. The lowest BCUT2D eigenvalue weighted by Crippen LogP contribution is -2.62. The van der Waals surface area contributed by atoms with E-state index in [1.54, 1.807) is 42.9 Å². The van der Waals surface area contributed by atoms with Crippen LogP contribution < -0.4 is 18.9 Å². The largest absolute Gasteiger partial charge is 0.486 e. The standard InChI is InChI=1S/2C30H35NO5.C28H34N2O5.C26H33NO5/c1-28-12-10-20(32)15-19(28)8-9-21-22-11-13-30(35,29(22,2)16-23(33)26(21)28)25(34)17-36-24-7-3-5-18-6-4-14-31-27(18)24;1-28-13-11-20(32)15-19(28)8-9-21-22-12-14-30(35,29(22,2)16-24(33)27(21)28)25(34)17-36-26-10-7-18-5-3-4-6-23(18)31-26;1-26-11-9-17(31)13-16(26)7-8-18-19-10-12-28(34,27(19,2)14-22(32)24(18)26)23(33)15-35-25-29-20-5-3-4-6-21(20)30-25;1-24-9-5-17(28)13-16(24)3-4-19-20-6-10-26(31,25(20,2)14-21(29)23(19)24)22(30)15-32-18-7-11-27-12-8-18/h3-7,14-15,21-23,26,33,35H,8-13,16-17H2,1-2H3;3-7,10,15,21-22,24,27,33,35H,8-9,11-14,16-17H2,1-2H3;3-6,13,18-19,22,24,32,34H,7-12,14-15H2,1-2H3,(H,29,30);7-8,11-13,19-21,23,29,31H,3-6,9-10,14-15H2,1-2H3/t21?,22?,23-,26?,28?,29?,30-;21?,22?,24-,27?,28?,29?,30-;18?,19?,22-,24?,26?,27?,28-;19?,20?,21-,23?,24?,25?,26-/m0000/s1. The fourth-order valence-electron chi connectivity index (χ4n) is 33.4. The molecule has 20 unspecified atom stereocenters. The van der Waals surface area contributed by atoms with Crippen molar-refractivity contribution in [2.45, 2.75) is 282 Å². The molecule has 3 aromatic carbocycles. The minimum atomic E-state index is -1.55. The van der Waals surface area contributed by atoms with Crippen molar-refractivity contribution >= 4 is 79.1 Å². The van der Waals surface area contributed by atoms with E-state index in [4.69, 9.17) is 18.9 Å². The Morgan fingerprint density at radius 3 is 1.13 bits per heavy atom. The molecule has 16 aliphatic carbocycles. The van der Waals surface area contributed by atoms with Crippen LogP contribution in [0.3, 0.4) is 0 Å². The van der Waals surface area contributed by atoms with E-state index < -0.39 is 68.5 Å². The Balaban J connectivity index is 0.000000114. The zero-order valence-corrected chi connectivity index (χ0v) is 81.5. The minimum absolute atomic E-state index is 0.0536. The number of carbonyl (C=O) groups is 8. The molecule has 28 atom stereocenters. The number of imidazole rings is 1. The maximum atomic E-state index is 13.6. The first-order chi connectivity index (χ1) is 66.2. The van der Waals surface area contributed by atoms with Gasteiger partial charge >= 0.3 is 0 Å². The number of Topliss-reactive ketones (excluding diaryl/α,β-unsaturated/α-hetero) is 4. The average Bonchev–Trinajstić information content (AvgIpc) is 1.58. The van der Waals surface area contributed by atoms with Crippen LogP contribution in [0.25, 0.3) is 32.8 Å². The first-order valence-corrected chi connectivity index (χ1v) is 51.4. The first-order valence-electron chi connectivity index (χ1n) is 51.4. The molecule has 139 heavy (non-hydrogen) atoms. The molecule has 0 bridgehead atoms. The van der Waals surface area contributed by atoms with Gasteiger partial charge < -0.3 is 64.8 Å². The third-order valence-electron chi connectivity index (χ3n) is 40.6. The number of aliphatic hydroxyl groups is 8. The Hall–Kier alpha value is -9.70. The van der Waals surface area contributed by atoms with Gasteiger partial charge in [0.1, 0.15) is 52.6 Å². The van der Waals surface area contributed by atoms with Crippen LogP contribution in [0.2, 0.25) is 0 Å². The Bertz CT molecular complexity index is 6160. The number of hydrogen-bond acceptors (Lipinski definition) is 24. The van der Waals surface area contributed by atoms with Gasteiger partial charge in [0, 0.05) is 82.8 Å². The maximum Gasteiger partial charge on any atom is 0.295 e. The van der Waals surface area contributed by atoms with Crippen LogP contribution in [0.1, 0.15) is 235 Å². The number of aromatic nitrogens is 5. The second-order valence-corrected chi connectivity index (χ2v) is 46.7. The smallest absolute Gasteiger partial charge is 0.295 e. The van der Waals surface area contributed by atoms with Gasteiger partial charge in [-0.3, -0.25) is 48.3 Å². The van der Waals surface area contributed by atoms with Crippen LogP contribution in [0.15, 0.2) is 168 Å². The number of aromatic amines is 1. The van der Waals surface area contributed by atoms with E-state index in [9.17, 15) is 79.2 Å². The van der Waals surface area contributed by atoms with Crippen molar-refractivity contribution in [3.8, 4) is 23.4 Å². The number of aliphatic hydroxyl groups excluding tert-OH is 4. The van der Waals surface area contributed by atoms with Crippen LogP contribution in [0.5, 0.6) is 23.4 Å². The SMILES string of the molecule is CC12CCC(=O)C=C1CCC1C2[C@@H](O)CC2(C)C1CC[C@]2(O)C(=O)COc1ccc2ccccc2n1.CC12CCC(=O)C=C1CCC1C2[C@@H](O)CC2(C)C1CC[C@]2(O)C(=O)COc1cccc2cccnc12.CC12CCC(=O)C=C1CCC1C2[C@@H](O)CC2(C)C1CC[C@]2(O)C(=O)COc1ccncc1.CC12CCC(=O)C=C1CCC1C2[C@@H](O)CC2(C)C1CC[C@]2(O)C(=O)COc1nc2ccccc2[nH]1. The van der Waals surface area contributed by atoms with Gasteiger partial charge in [-0.2, -0.15) is 4.98 Å². The van der Waals surface area contributed by atoms with E-state index in [-0.39, 0.29) is 171 Å². The highest BCUT2D eigenvalue weighted by molar-refractivity contribution is 5.96. The molecule has 9 N–H and O–H groups in total. The number of benzene rings is 3. The lowest BCUT2D eigenvalue weighted by molar-refractivity contribution is -0.182. The predicted octanol–water partition coefficient (Wildman–Crippen LogP) is 15.8. The van der Waals surface area contributed by atoms with Crippen LogP contribution in [-0.2, 0) is 38.4 Å². The average molecular weight is 1900 g/mol. The van der Waals surface area contributed by atoms with Crippen LogP contribution in [0, 0.1) is 114 Å². The van der Waals surface area contributed by atoms with Crippen molar-refractivity contribution in [3.05, 3.63) is 168 Å². The van der Waals surface area contributed by atoms with Crippen molar-refractivity contribution in [2.75, 3.05) is 26.4 Å². The lowest BCUT2D eigenvalue weighted by atomic mass is 9.45. The molecule has 23 rings (SSSR count). The molecule has 16 aliphatic rings. The van der Waals surface area contributed by atoms with Crippen molar-refractivity contribution < 1.29 is 98.2 Å². The number of pyridine rings is 3. The fraction of sp³-hybridized carbons (Fsp3) is 0.596.